The lowest BCUT2D eigenvalue weighted by Crippen LogP contribution is -2.45. The second kappa shape index (κ2) is 10.9. The van der Waals surface area contributed by atoms with Crippen LogP contribution in [0.25, 0.3) is 0 Å². The van der Waals surface area contributed by atoms with E-state index < -0.39 is 18.5 Å². The smallest absolute Gasteiger partial charge is 0.338 e. The Kier molecular flexibility index (Phi) is 8.33. The summed E-state index contributed by atoms with van der Waals surface area (Å²) in [7, 11) is 0. The van der Waals surface area contributed by atoms with Crippen LogP contribution in [0.15, 0.2) is 42.5 Å². The summed E-state index contributed by atoms with van der Waals surface area (Å²) in [6, 6.07) is 13.3. The van der Waals surface area contributed by atoms with E-state index in [-0.39, 0.29) is 24.1 Å². The van der Waals surface area contributed by atoms with Gasteiger partial charge < -0.3 is 15.0 Å². The lowest BCUT2D eigenvalue weighted by atomic mass is 10.1. The number of aryl methyl sites for hydroxylation is 1. The summed E-state index contributed by atoms with van der Waals surface area (Å²) in [5, 5.41) is 11.7. The second-order valence-electron chi connectivity index (χ2n) is 7.34. The quantitative estimate of drug-likeness (QED) is 0.657. The van der Waals surface area contributed by atoms with E-state index in [2.05, 4.69) is 5.32 Å². The van der Waals surface area contributed by atoms with Crippen molar-refractivity contribution in [1.29, 1.82) is 5.26 Å². The molecule has 7 nitrogen and oxygen atoms in total. The van der Waals surface area contributed by atoms with Crippen LogP contribution < -0.4 is 5.32 Å². The zero-order chi connectivity index (χ0) is 23.0. The number of carbonyl (C=O) groups excluding carboxylic acids is 3. The van der Waals surface area contributed by atoms with E-state index >= 15 is 0 Å². The predicted molar refractivity (Wildman–Crippen MR) is 117 cm³/mol. The molecule has 0 spiro atoms. The molecule has 162 valence electrons. The Morgan fingerprint density at radius 1 is 1.13 bits per heavy atom. The van der Waals surface area contributed by atoms with E-state index in [9.17, 15) is 14.4 Å². The van der Waals surface area contributed by atoms with Crippen LogP contribution in [0.4, 0.5) is 5.69 Å². The first-order valence-electron chi connectivity index (χ1n) is 10.1. The summed E-state index contributed by atoms with van der Waals surface area (Å²) in [4.78, 5) is 38.9. The molecule has 0 aliphatic rings. The zero-order valence-corrected chi connectivity index (χ0v) is 18.3. The minimum atomic E-state index is -0.665. The molecule has 0 heterocycles. The number of anilines is 1. The summed E-state index contributed by atoms with van der Waals surface area (Å²) in [5.41, 5.74) is 3.39. The van der Waals surface area contributed by atoms with Gasteiger partial charge in [0.2, 0.25) is 5.91 Å². The third-order valence-electron chi connectivity index (χ3n) is 5.21. The standard InChI is InChI=1S/C24H27N3O4/c1-5-17(3)27(14-22(28)26-21-8-6-7-16(2)18(21)4)23(29)15-31-24(30)20-11-9-19(13-25)10-12-20/h6-12,17H,5,14-15H2,1-4H3,(H,26,28)/t17-/m0/s1. The number of rotatable bonds is 8. The predicted octanol–water partition coefficient (Wildman–Crippen LogP) is 3.60. The van der Waals surface area contributed by atoms with Crippen molar-refractivity contribution in [1.82, 2.24) is 4.90 Å². The van der Waals surface area contributed by atoms with E-state index in [1.807, 2.05) is 52.0 Å². The average molecular weight is 421 g/mol. The molecule has 0 unspecified atom stereocenters. The first kappa shape index (κ1) is 23.6. The maximum Gasteiger partial charge on any atom is 0.338 e. The van der Waals surface area contributed by atoms with Crippen LogP contribution in [0.1, 0.15) is 47.3 Å². The number of ether oxygens (including phenoxy) is 1. The van der Waals surface area contributed by atoms with Crippen molar-refractivity contribution in [2.24, 2.45) is 0 Å². The maximum absolute atomic E-state index is 12.7. The minimum Gasteiger partial charge on any atom is -0.452 e. The van der Waals surface area contributed by atoms with E-state index in [0.717, 1.165) is 11.1 Å². The molecule has 0 aromatic heterocycles. The third kappa shape index (κ3) is 6.41. The molecule has 0 bridgehead atoms. The SMILES string of the molecule is CC[C@H](C)N(CC(=O)Nc1cccc(C)c1C)C(=O)COC(=O)c1ccc(C#N)cc1. The Labute approximate surface area is 182 Å². The van der Waals surface area contributed by atoms with Crippen molar-refractivity contribution in [2.75, 3.05) is 18.5 Å². The van der Waals surface area contributed by atoms with Crippen LogP contribution in [0, 0.1) is 25.2 Å². The molecular weight excluding hydrogens is 394 g/mol. The van der Waals surface area contributed by atoms with Gasteiger partial charge in [-0.15, -0.1) is 0 Å². The number of nitriles is 1. The topological polar surface area (TPSA) is 99.5 Å². The Morgan fingerprint density at radius 3 is 2.42 bits per heavy atom. The number of amides is 2. The highest BCUT2D eigenvalue weighted by Crippen LogP contribution is 2.18. The van der Waals surface area contributed by atoms with Gasteiger partial charge in [-0.25, -0.2) is 4.79 Å². The molecule has 0 radical (unpaired) electrons. The van der Waals surface area contributed by atoms with Gasteiger partial charge in [-0.2, -0.15) is 5.26 Å². The van der Waals surface area contributed by atoms with Crippen molar-refractivity contribution in [3.63, 3.8) is 0 Å². The normalized spacial score (nSPS) is 11.2. The van der Waals surface area contributed by atoms with Crippen LogP contribution in [-0.4, -0.2) is 41.9 Å². The number of hydrogen-bond acceptors (Lipinski definition) is 5. The zero-order valence-electron chi connectivity index (χ0n) is 18.3. The van der Waals surface area contributed by atoms with Crippen molar-refractivity contribution in [2.45, 2.75) is 40.2 Å². The van der Waals surface area contributed by atoms with Crippen molar-refractivity contribution < 1.29 is 19.1 Å². The van der Waals surface area contributed by atoms with Crippen LogP contribution in [0.2, 0.25) is 0 Å². The van der Waals surface area contributed by atoms with Crippen LogP contribution >= 0.6 is 0 Å². The second-order valence-corrected chi connectivity index (χ2v) is 7.34. The van der Waals surface area contributed by atoms with Gasteiger partial charge in [0, 0.05) is 11.7 Å². The van der Waals surface area contributed by atoms with Crippen molar-refractivity contribution >= 4 is 23.5 Å². The summed E-state index contributed by atoms with van der Waals surface area (Å²) >= 11 is 0. The van der Waals surface area contributed by atoms with Crippen LogP contribution in [0.3, 0.4) is 0 Å². The number of esters is 1. The van der Waals surface area contributed by atoms with Crippen molar-refractivity contribution in [3.05, 3.63) is 64.7 Å². The Morgan fingerprint density at radius 2 is 1.81 bits per heavy atom. The van der Waals surface area contributed by atoms with Crippen LogP contribution in [-0.2, 0) is 14.3 Å². The molecule has 2 aromatic carbocycles. The highest BCUT2D eigenvalue weighted by atomic mass is 16.5. The number of benzene rings is 2. The Bertz CT molecular complexity index is 993. The molecule has 1 atom stereocenters. The van der Waals surface area contributed by atoms with E-state index in [4.69, 9.17) is 10.00 Å². The molecular formula is C24H27N3O4. The fraction of sp³-hybridized carbons (Fsp3) is 0.333. The molecule has 31 heavy (non-hydrogen) atoms. The summed E-state index contributed by atoms with van der Waals surface area (Å²) in [5.74, 6) is -1.44. The molecule has 7 heteroatoms. The van der Waals surface area contributed by atoms with Gasteiger partial charge in [-0.3, -0.25) is 9.59 Å². The van der Waals surface area contributed by atoms with Gasteiger partial charge in [0.15, 0.2) is 6.61 Å². The molecule has 0 saturated carbocycles. The number of nitrogens with one attached hydrogen (secondary N) is 1. The molecule has 2 amide bonds. The number of nitrogens with zero attached hydrogens (tertiary/aromatic N) is 2. The lowest BCUT2D eigenvalue weighted by molar-refractivity contribution is -0.139. The minimum absolute atomic E-state index is 0.143. The first-order chi connectivity index (χ1) is 14.8. The van der Waals surface area contributed by atoms with Crippen LogP contribution in [0.5, 0.6) is 0 Å². The fourth-order valence-electron chi connectivity index (χ4n) is 2.92. The highest BCUT2D eigenvalue weighted by Gasteiger charge is 2.23. The molecule has 1 N–H and O–H groups in total. The third-order valence-corrected chi connectivity index (χ3v) is 5.21. The van der Waals surface area contributed by atoms with Gasteiger partial charge in [0.25, 0.3) is 5.91 Å². The van der Waals surface area contributed by atoms with E-state index in [0.29, 0.717) is 17.7 Å². The molecule has 2 rings (SSSR count). The maximum atomic E-state index is 12.7. The first-order valence-corrected chi connectivity index (χ1v) is 10.1. The summed E-state index contributed by atoms with van der Waals surface area (Å²) in [6.07, 6.45) is 0.645. The lowest BCUT2D eigenvalue weighted by Gasteiger charge is -2.28. The van der Waals surface area contributed by atoms with E-state index in [1.54, 1.807) is 0 Å². The summed E-state index contributed by atoms with van der Waals surface area (Å²) < 4.78 is 5.13. The van der Waals surface area contributed by atoms with Gasteiger partial charge in [-0.05, 0) is 68.7 Å². The van der Waals surface area contributed by atoms with Crippen molar-refractivity contribution in [3.8, 4) is 6.07 Å². The average Bonchev–Trinajstić information content (AvgIpc) is 2.78. The number of hydrogen-bond donors (Lipinski definition) is 1. The Balaban J connectivity index is 2.01. The monoisotopic (exact) mass is 421 g/mol. The largest absolute Gasteiger partial charge is 0.452 e. The summed E-state index contributed by atoms with van der Waals surface area (Å²) in [6.45, 7) is 7.02. The highest BCUT2D eigenvalue weighted by molar-refractivity contribution is 5.96. The van der Waals surface area contributed by atoms with Gasteiger partial charge >= 0.3 is 5.97 Å². The number of carbonyl (C=O) groups is 3. The van der Waals surface area contributed by atoms with Gasteiger partial charge in [0.05, 0.1) is 17.2 Å². The van der Waals surface area contributed by atoms with E-state index in [1.165, 1.54) is 29.2 Å². The van der Waals surface area contributed by atoms with Gasteiger partial charge in [0.1, 0.15) is 6.54 Å². The molecule has 0 aliphatic carbocycles. The Hall–Kier alpha value is -3.66. The molecule has 0 fully saturated rings. The molecule has 2 aromatic rings. The molecule has 0 saturated heterocycles. The molecule has 0 aliphatic heterocycles. The fourth-order valence-corrected chi connectivity index (χ4v) is 2.92. The van der Waals surface area contributed by atoms with Gasteiger partial charge in [-0.1, -0.05) is 19.1 Å².